The molecule has 0 fully saturated rings. The van der Waals surface area contributed by atoms with E-state index in [1.165, 1.54) is 16.3 Å². The van der Waals surface area contributed by atoms with Crippen molar-refractivity contribution in [3.05, 3.63) is 121 Å². The molecule has 7 rings (SSSR count). The van der Waals surface area contributed by atoms with Crippen molar-refractivity contribution in [1.29, 1.82) is 0 Å². The Kier molecular flexibility index (Phi) is 4.24. The normalized spacial score (nSPS) is 17.2. The number of para-hydroxylation sites is 2. The molecule has 1 unspecified atom stereocenters. The second-order valence-electron chi connectivity index (χ2n) is 8.63. The van der Waals surface area contributed by atoms with E-state index in [2.05, 4.69) is 102 Å². The van der Waals surface area contributed by atoms with Gasteiger partial charge in [-0.25, -0.2) is 9.98 Å². The Morgan fingerprint density at radius 1 is 0.676 bits per heavy atom. The van der Waals surface area contributed by atoms with Crippen molar-refractivity contribution in [3.63, 3.8) is 0 Å². The van der Waals surface area contributed by atoms with E-state index in [4.69, 9.17) is 14.7 Å². The molecule has 2 aliphatic heterocycles. The van der Waals surface area contributed by atoms with E-state index < -0.39 is 0 Å². The number of hydrogen-bond donors (Lipinski definition) is 0. The Labute approximate surface area is 197 Å². The fraction of sp³-hybridized carbons (Fsp3) is 0.0667. The molecule has 0 bridgehead atoms. The first-order valence-corrected chi connectivity index (χ1v) is 11.5. The molecule has 4 nitrogen and oxygen atoms in total. The van der Waals surface area contributed by atoms with Gasteiger partial charge in [-0.3, -0.25) is 4.57 Å². The highest BCUT2D eigenvalue weighted by molar-refractivity contribution is 6.22. The quantitative estimate of drug-likeness (QED) is 0.311. The van der Waals surface area contributed by atoms with Crippen LogP contribution in [-0.4, -0.2) is 28.9 Å². The summed E-state index contributed by atoms with van der Waals surface area (Å²) < 4.78 is 7.92. The number of aliphatic imine (C=N–C) groups is 2. The number of aromatic nitrogens is 1. The summed E-state index contributed by atoms with van der Waals surface area (Å²) in [6, 6.07) is 35.8. The molecule has 34 heavy (non-hydrogen) atoms. The summed E-state index contributed by atoms with van der Waals surface area (Å²) >= 11 is 0. The van der Waals surface area contributed by atoms with Gasteiger partial charge in [0.2, 0.25) is 5.96 Å². The first kappa shape index (κ1) is 19.1. The van der Waals surface area contributed by atoms with Crippen molar-refractivity contribution < 1.29 is 4.74 Å². The van der Waals surface area contributed by atoms with E-state index in [0.717, 1.165) is 33.4 Å². The zero-order valence-corrected chi connectivity index (χ0v) is 18.4. The Hall–Kier alpha value is -4.44. The van der Waals surface area contributed by atoms with Crippen molar-refractivity contribution in [2.45, 2.75) is 6.04 Å². The summed E-state index contributed by atoms with van der Waals surface area (Å²) in [5.41, 5.74) is 7.59. The van der Waals surface area contributed by atoms with Crippen LogP contribution in [0.2, 0.25) is 0 Å². The number of hydrogen-bond acceptors (Lipinski definition) is 3. The van der Waals surface area contributed by atoms with Gasteiger partial charge in [0.1, 0.15) is 12.6 Å². The van der Waals surface area contributed by atoms with E-state index in [9.17, 15) is 0 Å². The Bertz CT molecular complexity index is 1600. The third kappa shape index (κ3) is 2.92. The van der Waals surface area contributed by atoms with Gasteiger partial charge in [0.15, 0.2) is 0 Å². The van der Waals surface area contributed by atoms with Gasteiger partial charge in [0, 0.05) is 21.9 Å². The molecule has 4 heteroatoms. The second-order valence-corrected chi connectivity index (χ2v) is 8.63. The van der Waals surface area contributed by atoms with Crippen LogP contribution in [-0.2, 0) is 4.74 Å². The van der Waals surface area contributed by atoms with Gasteiger partial charge in [-0.05, 0) is 29.3 Å². The lowest BCUT2D eigenvalue weighted by molar-refractivity contribution is 0.270. The predicted octanol–water partition coefficient (Wildman–Crippen LogP) is 6.45. The maximum Gasteiger partial charge on any atom is 0.231 e. The highest BCUT2D eigenvalue weighted by atomic mass is 16.5. The van der Waals surface area contributed by atoms with Crippen LogP contribution < -0.4 is 0 Å². The summed E-state index contributed by atoms with van der Waals surface area (Å²) in [4.78, 5) is 10.2. The average Bonchev–Trinajstić information content (AvgIpc) is 3.51. The number of fused-ring (bicyclic) bond motifs is 4. The van der Waals surface area contributed by atoms with Gasteiger partial charge in [-0.1, -0.05) is 84.9 Å². The second kappa shape index (κ2) is 7.56. The molecule has 5 aromatic rings. The average molecular weight is 440 g/mol. The third-order valence-electron chi connectivity index (χ3n) is 6.60. The van der Waals surface area contributed by atoms with Crippen molar-refractivity contribution in [1.82, 2.24) is 4.57 Å². The maximum atomic E-state index is 5.74. The first-order chi connectivity index (χ1) is 16.9. The molecule has 1 atom stereocenters. The van der Waals surface area contributed by atoms with Crippen LogP contribution >= 0.6 is 0 Å². The van der Waals surface area contributed by atoms with Gasteiger partial charge in [-0.15, -0.1) is 0 Å². The van der Waals surface area contributed by atoms with Crippen LogP contribution in [0, 0.1) is 0 Å². The summed E-state index contributed by atoms with van der Waals surface area (Å²) in [5.74, 6) is 0.699. The van der Waals surface area contributed by atoms with Gasteiger partial charge in [0.05, 0.1) is 23.0 Å². The van der Waals surface area contributed by atoms with Crippen molar-refractivity contribution in [2.75, 3.05) is 6.61 Å². The van der Waals surface area contributed by atoms with Crippen LogP contribution in [0.25, 0.3) is 32.9 Å². The minimum Gasteiger partial charge on any atom is -0.498 e. The molecule has 0 N–H and O–H groups in total. The molecule has 0 saturated carbocycles. The summed E-state index contributed by atoms with van der Waals surface area (Å²) in [6.07, 6.45) is 1.82. The molecule has 0 spiro atoms. The SMILES string of the molecule is C1=C2C(c3cccc(-c4ccccc4)c3)=NC(n3c4ccccc4c4ccccc43)=NC2CO1. The Morgan fingerprint density at radius 3 is 2.09 bits per heavy atom. The van der Waals surface area contributed by atoms with Gasteiger partial charge >= 0.3 is 0 Å². The smallest absolute Gasteiger partial charge is 0.231 e. The standard InChI is InChI=1S/C30H21N3O/c1-2-9-20(10-3-1)21-11-8-12-22(17-21)29-25-18-34-19-26(25)31-30(32-29)33-27-15-6-4-13-23(27)24-14-5-7-16-28(24)33/h1-18,26H,19H2. The minimum atomic E-state index is -0.0668. The van der Waals surface area contributed by atoms with E-state index in [1.54, 1.807) is 0 Å². The van der Waals surface area contributed by atoms with Crippen LogP contribution in [0.5, 0.6) is 0 Å². The molecular formula is C30H21N3O. The maximum absolute atomic E-state index is 5.74. The van der Waals surface area contributed by atoms with Gasteiger partial charge in [-0.2, -0.15) is 0 Å². The summed E-state index contributed by atoms with van der Waals surface area (Å²) in [7, 11) is 0. The van der Waals surface area contributed by atoms with E-state index >= 15 is 0 Å². The molecule has 0 aliphatic carbocycles. The van der Waals surface area contributed by atoms with Gasteiger partial charge in [0.25, 0.3) is 0 Å². The van der Waals surface area contributed by atoms with E-state index in [1.807, 2.05) is 12.3 Å². The highest BCUT2D eigenvalue weighted by Crippen LogP contribution is 2.32. The monoisotopic (exact) mass is 439 g/mol. The Balaban J connectivity index is 1.44. The lowest BCUT2D eigenvalue weighted by atomic mass is 9.95. The Morgan fingerprint density at radius 2 is 1.32 bits per heavy atom. The number of nitrogens with zero attached hydrogens (tertiary/aromatic N) is 3. The molecule has 4 aromatic carbocycles. The molecule has 1 aromatic heterocycles. The topological polar surface area (TPSA) is 38.9 Å². The number of benzene rings is 4. The zero-order valence-electron chi connectivity index (χ0n) is 18.4. The highest BCUT2D eigenvalue weighted by Gasteiger charge is 2.31. The predicted molar refractivity (Wildman–Crippen MR) is 139 cm³/mol. The fourth-order valence-corrected chi connectivity index (χ4v) is 5.00. The molecule has 0 radical (unpaired) electrons. The summed E-state index contributed by atoms with van der Waals surface area (Å²) in [6.45, 7) is 0.535. The van der Waals surface area contributed by atoms with Gasteiger partial charge < -0.3 is 4.74 Å². The third-order valence-corrected chi connectivity index (χ3v) is 6.60. The molecule has 2 aliphatic rings. The first-order valence-electron chi connectivity index (χ1n) is 11.5. The molecule has 162 valence electrons. The van der Waals surface area contributed by atoms with Crippen molar-refractivity contribution in [3.8, 4) is 11.1 Å². The van der Waals surface area contributed by atoms with Crippen LogP contribution in [0.4, 0.5) is 0 Å². The van der Waals surface area contributed by atoms with Crippen LogP contribution in [0.1, 0.15) is 5.56 Å². The number of ether oxygens (including phenoxy) is 1. The van der Waals surface area contributed by atoms with Crippen LogP contribution in [0.15, 0.2) is 125 Å². The molecule has 0 amide bonds. The molecule has 3 heterocycles. The minimum absolute atomic E-state index is 0.0668. The van der Waals surface area contributed by atoms with Crippen molar-refractivity contribution in [2.24, 2.45) is 9.98 Å². The molecule has 0 saturated heterocycles. The fourth-order valence-electron chi connectivity index (χ4n) is 5.00. The lowest BCUT2D eigenvalue weighted by Gasteiger charge is -2.20. The van der Waals surface area contributed by atoms with E-state index in [-0.39, 0.29) is 6.04 Å². The zero-order chi connectivity index (χ0) is 22.5. The lowest BCUT2D eigenvalue weighted by Crippen LogP contribution is -2.27. The molecular weight excluding hydrogens is 418 g/mol. The largest absolute Gasteiger partial charge is 0.498 e. The van der Waals surface area contributed by atoms with Crippen LogP contribution in [0.3, 0.4) is 0 Å². The number of rotatable bonds is 2. The van der Waals surface area contributed by atoms with Crippen molar-refractivity contribution >= 4 is 33.5 Å². The van der Waals surface area contributed by atoms with E-state index in [0.29, 0.717) is 12.6 Å². The summed E-state index contributed by atoms with van der Waals surface area (Å²) in [5, 5.41) is 2.40.